The van der Waals surface area contributed by atoms with Crippen molar-refractivity contribution in [2.45, 2.75) is 13.0 Å². The zero-order chi connectivity index (χ0) is 24.1. The Morgan fingerprint density at radius 1 is 0.917 bits per heavy atom. The molecule has 0 saturated carbocycles. The van der Waals surface area contributed by atoms with E-state index >= 15 is 0 Å². The van der Waals surface area contributed by atoms with Crippen molar-refractivity contribution in [3.63, 3.8) is 0 Å². The third-order valence-corrected chi connectivity index (χ3v) is 6.65. The van der Waals surface area contributed by atoms with E-state index in [0.717, 1.165) is 47.2 Å². The predicted molar refractivity (Wildman–Crippen MR) is 135 cm³/mol. The highest BCUT2D eigenvalue weighted by Gasteiger charge is 2.18. The minimum absolute atomic E-state index is 0.305. The van der Waals surface area contributed by atoms with Crippen LogP contribution in [0.1, 0.15) is 12.0 Å². The van der Waals surface area contributed by atoms with Crippen LogP contribution in [0.3, 0.4) is 0 Å². The average Bonchev–Trinajstić information content (AvgIpc) is 3.50. The number of aromatic nitrogens is 7. The Bertz CT molecular complexity index is 1730. The Balaban J connectivity index is 1.30. The maximum Gasteiger partial charge on any atom is 0.159 e. The fraction of sp³-hybridized carbons (Fsp3) is 0.148. The minimum Gasteiger partial charge on any atom is -0.335 e. The molecule has 2 N–H and O–H groups in total. The first-order chi connectivity index (χ1) is 17.7. The molecular weight excluding hydrogens is 455 g/mol. The van der Waals surface area contributed by atoms with E-state index in [9.17, 15) is 4.39 Å². The molecule has 1 fully saturated rings. The molecule has 6 aromatic rings. The lowest BCUT2D eigenvalue weighted by atomic mass is 10.1. The van der Waals surface area contributed by atoms with Gasteiger partial charge in [0.05, 0.1) is 22.6 Å². The Labute approximate surface area is 205 Å². The molecule has 0 atom stereocenters. The predicted octanol–water partition coefficient (Wildman–Crippen LogP) is 4.97. The van der Waals surface area contributed by atoms with E-state index in [1.807, 2.05) is 24.7 Å². The van der Waals surface area contributed by atoms with Gasteiger partial charge in [-0.1, -0.05) is 12.1 Å². The van der Waals surface area contributed by atoms with E-state index in [1.165, 1.54) is 24.1 Å². The number of aromatic amines is 2. The summed E-state index contributed by atoms with van der Waals surface area (Å²) in [6.07, 6.45) is 10.3. The molecule has 176 valence electrons. The molecule has 1 aromatic carbocycles. The number of nitrogens with one attached hydrogen (secondary N) is 2. The number of pyridine rings is 3. The molecule has 1 aliphatic heterocycles. The molecule has 0 spiro atoms. The van der Waals surface area contributed by atoms with Gasteiger partial charge in [-0.2, -0.15) is 5.10 Å². The maximum absolute atomic E-state index is 13.9. The molecular formula is C27H21FN8. The second-order valence-corrected chi connectivity index (χ2v) is 9.08. The van der Waals surface area contributed by atoms with Gasteiger partial charge in [-0.15, -0.1) is 0 Å². The van der Waals surface area contributed by atoms with Crippen molar-refractivity contribution in [1.29, 1.82) is 0 Å². The number of halogens is 1. The van der Waals surface area contributed by atoms with Crippen molar-refractivity contribution >= 4 is 22.1 Å². The summed E-state index contributed by atoms with van der Waals surface area (Å²) < 4.78 is 13.9. The highest BCUT2D eigenvalue weighted by molar-refractivity contribution is 5.96. The molecule has 5 aromatic heterocycles. The third-order valence-electron chi connectivity index (χ3n) is 6.65. The van der Waals surface area contributed by atoms with Crippen molar-refractivity contribution in [1.82, 2.24) is 40.0 Å². The molecule has 0 unspecified atom stereocenters. The summed E-state index contributed by atoms with van der Waals surface area (Å²) in [5, 5.41) is 8.36. The number of likely N-dealkylation sites (tertiary alicyclic amines) is 1. The number of nitrogens with zero attached hydrogens (tertiary/aromatic N) is 6. The normalized spacial score (nSPS) is 13.9. The molecule has 8 nitrogen and oxygen atoms in total. The van der Waals surface area contributed by atoms with Crippen LogP contribution in [0.4, 0.5) is 4.39 Å². The lowest BCUT2D eigenvalue weighted by Gasteiger charge is -2.30. The number of fused-ring (bicyclic) bond motifs is 2. The molecule has 0 bridgehead atoms. The lowest BCUT2D eigenvalue weighted by Crippen LogP contribution is -2.36. The van der Waals surface area contributed by atoms with Crippen molar-refractivity contribution in [3.8, 4) is 33.8 Å². The molecule has 1 aliphatic rings. The van der Waals surface area contributed by atoms with E-state index in [-0.39, 0.29) is 5.82 Å². The molecule has 9 heteroatoms. The maximum atomic E-state index is 13.9. The van der Waals surface area contributed by atoms with Crippen molar-refractivity contribution in [2.75, 3.05) is 13.1 Å². The number of hydrogen-bond acceptors (Lipinski definition) is 6. The third kappa shape index (κ3) is 3.61. The minimum atomic E-state index is -0.305. The SMILES string of the molecule is Fc1cccc(-c2cncc3[nH]c(-c4n[nH]c5ncc(-c6cncc(CN7CCC7)c6)cc45)nc23)c1. The highest BCUT2D eigenvalue weighted by Crippen LogP contribution is 2.32. The first-order valence-electron chi connectivity index (χ1n) is 11.8. The molecule has 0 aliphatic carbocycles. The molecule has 7 rings (SSSR count). The Morgan fingerprint density at radius 3 is 2.67 bits per heavy atom. The smallest absolute Gasteiger partial charge is 0.159 e. The molecule has 0 amide bonds. The van der Waals surface area contributed by atoms with Gasteiger partial charge in [-0.05, 0) is 54.9 Å². The van der Waals surface area contributed by atoms with E-state index in [4.69, 9.17) is 4.98 Å². The van der Waals surface area contributed by atoms with Gasteiger partial charge in [-0.25, -0.2) is 14.4 Å². The number of imidazole rings is 1. The van der Waals surface area contributed by atoms with E-state index < -0.39 is 0 Å². The quantitative estimate of drug-likeness (QED) is 0.365. The van der Waals surface area contributed by atoms with Gasteiger partial charge in [0.15, 0.2) is 11.5 Å². The summed E-state index contributed by atoms with van der Waals surface area (Å²) in [4.78, 5) is 23.9. The van der Waals surface area contributed by atoms with Crippen LogP contribution >= 0.6 is 0 Å². The lowest BCUT2D eigenvalue weighted by molar-refractivity contribution is 0.172. The molecule has 36 heavy (non-hydrogen) atoms. The fourth-order valence-electron chi connectivity index (χ4n) is 4.68. The number of H-pyrrole nitrogens is 2. The first-order valence-corrected chi connectivity index (χ1v) is 11.8. The first kappa shape index (κ1) is 20.8. The van der Waals surface area contributed by atoms with Crippen LogP contribution in [0, 0.1) is 5.82 Å². The van der Waals surface area contributed by atoms with Crippen LogP contribution < -0.4 is 0 Å². The second kappa shape index (κ2) is 8.31. The van der Waals surface area contributed by atoms with Crippen LogP contribution in [-0.4, -0.2) is 53.1 Å². The Kier molecular flexibility index (Phi) is 4.81. The van der Waals surface area contributed by atoms with Gasteiger partial charge >= 0.3 is 0 Å². The summed E-state index contributed by atoms with van der Waals surface area (Å²) in [5.41, 5.74) is 7.40. The zero-order valence-electron chi connectivity index (χ0n) is 19.2. The van der Waals surface area contributed by atoms with Gasteiger partial charge in [0.2, 0.25) is 0 Å². The second-order valence-electron chi connectivity index (χ2n) is 9.08. The van der Waals surface area contributed by atoms with Gasteiger partial charge in [0.25, 0.3) is 0 Å². The van der Waals surface area contributed by atoms with E-state index in [0.29, 0.717) is 28.2 Å². The largest absolute Gasteiger partial charge is 0.335 e. The summed E-state index contributed by atoms with van der Waals surface area (Å²) in [6.45, 7) is 3.20. The zero-order valence-corrected chi connectivity index (χ0v) is 19.2. The van der Waals surface area contributed by atoms with Crippen LogP contribution in [0.25, 0.3) is 55.8 Å². The van der Waals surface area contributed by atoms with Gasteiger partial charge in [0, 0.05) is 48.0 Å². The summed E-state index contributed by atoms with van der Waals surface area (Å²) >= 11 is 0. The van der Waals surface area contributed by atoms with Crippen molar-refractivity contribution in [3.05, 3.63) is 78.8 Å². The van der Waals surface area contributed by atoms with Crippen molar-refractivity contribution < 1.29 is 4.39 Å². The Morgan fingerprint density at radius 2 is 1.81 bits per heavy atom. The van der Waals surface area contributed by atoms with Gasteiger partial charge < -0.3 is 4.98 Å². The van der Waals surface area contributed by atoms with Crippen LogP contribution in [0.2, 0.25) is 0 Å². The molecule has 1 saturated heterocycles. The van der Waals surface area contributed by atoms with E-state index in [1.54, 1.807) is 18.5 Å². The van der Waals surface area contributed by atoms with Gasteiger partial charge in [0.1, 0.15) is 11.5 Å². The van der Waals surface area contributed by atoms with Crippen molar-refractivity contribution in [2.24, 2.45) is 0 Å². The molecule has 0 radical (unpaired) electrons. The van der Waals surface area contributed by atoms with Crippen LogP contribution in [0.15, 0.2) is 67.4 Å². The number of hydrogen-bond donors (Lipinski definition) is 2. The average molecular weight is 477 g/mol. The topological polar surface area (TPSA) is 99.3 Å². The molecule has 6 heterocycles. The van der Waals surface area contributed by atoms with Gasteiger partial charge in [-0.3, -0.25) is 20.0 Å². The van der Waals surface area contributed by atoms with E-state index in [2.05, 4.69) is 47.2 Å². The monoisotopic (exact) mass is 476 g/mol. The summed E-state index contributed by atoms with van der Waals surface area (Å²) in [7, 11) is 0. The standard InChI is InChI=1S/C27H21FN8/c28-20-4-1-3-17(8-20)22-13-30-14-23-24(22)33-27(32-23)25-21-9-19(12-31-26(21)35-34-25)18-7-16(10-29-11-18)15-36-5-2-6-36/h1,3-4,7-14H,2,5-6,15H2,(H,32,33)(H,31,34,35). The highest BCUT2D eigenvalue weighted by atomic mass is 19.1. The van der Waals surface area contributed by atoms with Crippen LogP contribution in [-0.2, 0) is 6.54 Å². The number of benzene rings is 1. The number of rotatable bonds is 5. The fourth-order valence-corrected chi connectivity index (χ4v) is 4.68. The van der Waals surface area contributed by atoms with Crippen LogP contribution in [0.5, 0.6) is 0 Å². The Hall–Kier alpha value is -4.50. The summed E-state index contributed by atoms with van der Waals surface area (Å²) in [6, 6.07) is 10.7. The summed E-state index contributed by atoms with van der Waals surface area (Å²) in [5.74, 6) is 0.283.